The third-order valence-electron chi connectivity index (χ3n) is 8.51. The number of hydrogen-bond donors (Lipinski definition) is 0. The van der Waals surface area contributed by atoms with Crippen LogP contribution >= 0.6 is 0 Å². The summed E-state index contributed by atoms with van der Waals surface area (Å²) in [7, 11) is 1.94. The Kier molecular flexibility index (Phi) is 8.26. The molecule has 1 aliphatic heterocycles. The minimum atomic E-state index is 0.0943. The SMILES string of the molecule is Cn1nccc1C=Cc1cccc(N(Cc2ccc(-c3ccc(N4CCCC4)nc3)cc2)C(=O)C2CCCCC2)c1. The van der Waals surface area contributed by atoms with Gasteiger partial charge in [-0.05, 0) is 78.8 Å². The normalized spacial score (nSPS) is 16.0. The van der Waals surface area contributed by atoms with Crippen molar-refractivity contribution in [2.24, 2.45) is 13.0 Å². The van der Waals surface area contributed by atoms with Gasteiger partial charge >= 0.3 is 0 Å². The van der Waals surface area contributed by atoms with E-state index in [4.69, 9.17) is 4.98 Å². The predicted octanol–water partition coefficient (Wildman–Crippen LogP) is 7.37. The lowest BCUT2D eigenvalue weighted by molar-refractivity contribution is -0.123. The fraction of sp³-hybridized carbons (Fsp3) is 0.343. The summed E-state index contributed by atoms with van der Waals surface area (Å²) in [5.41, 5.74) is 6.41. The Hall–Kier alpha value is -4.19. The van der Waals surface area contributed by atoms with Gasteiger partial charge in [0.1, 0.15) is 5.82 Å². The van der Waals surface area contributed by atoms with Gasteiger partial charge in [-0.3, -0.25) is 9.48 Å². The lowest BCUT2D eigenvalue weighted by Gasteiger charge is -2.30. The van der Waals surface area contributed by atoms with Crippen LogP contribution in [0, 0.1) is 5.92 Å². The van der Waals surface area contributed by atoms with Crippen molar-refractivity contribution in [3.63, 3.8) is 0 Å². The Morgan fingerprint density at radius 3 is 2.39 bits per heavy atom. The van der Waals surface area contributed by atoms with Crippen LogP contribution < -0.4 is 9.80 Å². The van der Waals surface area contributed by atoms with Crippen LogP contribution in [0.4, 0.5) is 11.5 Å². The Balaban J connectivity index is 1.22. The molecule has 6 heteroatoms. The number of hydrogen-bond acceptors (Lipinski definition) is 4. The third kappa shape index (κ3) is 6.43. The van der Waals surface area contributed by atoms with E-state index in [1.807, 2.05) is 35.0 Å². The van der Waals surface area contributed by atoms with E-state index in [9.17, 15) is 4.79 Å². The second-order valence-corrected chi connectivity index (χ2v) is 11.4. The van der Waals surface area contributed by atoms with Crippen molar-refractivity contribution < 1.29 is 4.79 Å². The van der Waals surface area contributed by atoms with Crippen LogP contribution in [-0.4, -0.2) is 33.8 Å². The van der Waals surface area contributed by atoms with E-state index in [1.165, 1.54) is 19.3 Å². The largest absolute Gasteiger partial charge is 0.357 e. The highest BCUT2D eigenvalue weighted by atomic mass is 16.2. The number of benzene rings is 2. The molecule has 0 unspecified atom stereocenters. The molecule has 0 radical (unpaired) electrons. The van der Waals surface area contributed by atoms with Crippen LogP contribution in [-0.2, 0) is 18.4 Å². The van der Waals surface area contributed by atoms with E-state index < -0.39 is 0 Å². The molecule has 3 heterocycles. The molecular formula is C35H39N5O. The van der Waals surface area contributed by atoms with Gasteiger partial charge in [-0.15, -0.1) is 0 Å². The van der Waals surface area contributed by atoms with Gasteiger partial charge in [0.2, 0.25) is 5.91 Å². The van der Waals surface area contributed by atoms with Gasteiger partial charge < -0.3 is 9.80 Å². The van der Waals surface area contributed by atoms with Crippen LogP contribution in [0.1, 0.15) is 61.8 Å². The Labute approximate surface area is 243 Å². The van der Waals surface area contributed by atoms with E-state index in [0.717, 1.165) is 78.2 Å². The number of pyridine rings is 1. The van der Waals surface area contributed by atoms with E-state index in [1.54, 1.807) is 6.20 Å². The highest BCUT2D eigenvalue weighted by Gasteiger charge is 2.27. The molecule has 1 saturated carbocycles. The highest BCUT2D eigenvalue weighted by Crippen LogP contribution is 2.30. The predicted molar refractivity (Wildman–Crippen MR) is 167 cm³/mol. The molecule has 2 aromatic heterocycles. The van der Waals surface area contributed by atoms with Crippen LogP contribution in [0.25, 0.3) is 23.3 Å². The molecule has 210 valence electrons. The Morgan fingerprint density at radius 2 is 1.68 bits per heavy atom. The number of aromatic nitrogens is 3. The minimum Gasteiger partial charge on any atom is -0.357 e. The topological polar surface area (TPSA) is 54.3 Å². The molecule has 2 fully saturated rings. The molecule has 4 aromatic rings. The van der Waals surface area contributed by atoms with Crippen molar-refractivity contribution in [3.05, 3.63) is 95.9 Å². The van der Waals surface area contributed by atoms with Gasteiger partial charge in [0.05, 0.1) is 12.2 Å². The first-order chi connectivity index (χ1) is 20.1. The number of carbonyl (C=O) groups excluding carboxylic acids is 1. The monoisotopic (exact) mass is 545 g/mol. The standard InChI is InChI=1S/C35H39N5O/c1-38-32(20-21-37-38)18-14-27-8-7-11-33(24-27)40(35(41)30-9-3-2-4-10-30)26-28-12-15-29(16-13-28)31-17-19-34(36-25-31)39-22-5-6-23-39/h7-8,11-21,24-25,30H,2-6,9-10,22-23,26H2,1H3. The smallest absolute Gasteiger partial charge is 0.230 e. The molecule has 1 amide bonds. The number of rotatable bonds is 8. The van der Waals surface area contributed by atoms with Gasteiger partial charge in [-0.2, -0.15) is 5.10 Å². The van der Waals surface area contributed by atoms with Gasteiger partial charge in [0.25, 0.3) is 0 Å². The number of nitrogens with zero attached hydrogens (tertiary/aromatic N) is 5. The van der Waals surface area contributed by atoms with Crippen LogP contribution in [0.2, 0.25) is 0 Å². The maximum Gasteiger partial charge on any atom is 0.230 e. The molecule has 6 nitrogen and oxygen atoms in total. The Bertz CT molecular complexity index is 1480. The van der Waals surface area contributed by atoms with E-state index in [2.05, 4.69) is 76.7 Å². The molecule has 6 rings (SSSR count). The van der Waals surface area contributed by atoms with Crippen LogP contribution in [0.3, 0.4) is 0 Å². The number of carbonyl (C=O) groups is 1. The summed E-state index contributed by atoms with van der Waals surface area (Å²) < 4.78 is 1.85. The van der Waals surface area contributed by atoms with Gasteiger partial charge in [0, 0.05) is 49.7 Å². The summed E-state index contributed by atoms with van der Waals surface area (Å²) >= 11 is 0. The average molecular weight is 546 g/mol. The number of aryl methyl sites for hydroxylation is 1. The summed E-state index contributed by atoms with van der Waals surface area (Å²) in [6.07, 6.45) is 15.9. The van der Waals surface area contributed by atoms with Crippen molar-refractivity contribution in [3.8, 4) is 11.1 Å². The molecule has 0 spiro atoms. The fourth-order valence-electron chi connectivity index (χ4n) is 6.07. The quantitative estimate of drug-likeness (QED) is 0.232. The average Bonchev–Trinajstić information content (AvgIpc) is 3.72. The van der Waals surface area contributed by atoms with Crippen molar-refractivity contribution >= 4 is 29.6 Å². The van der Waals surface area contributed by atoms with Gasteiger partial charge in [-0.25, -0.2) is 4.98 Å². The minimum absolute atomic E-state index is 0.0943. The lowest BCUT2D eigenvalue weighted by Crippen LogP contribution is -2.36. The molecule has 2 aliphatic rings. The maximum atomic E-state index is 13.9. The highest BCUT2D eigenvalue weighted by molar-refractivity contribution is 5.95. The molecule has 0 N–H and O–H groups in total. The summed E-state index contributed by atoms with van der Waals surface area (Å²) in [5.74, 6) is 1.40. The molecule has 1 saturated heterocycles. The summed E-state index contributed by atoms with van der Waals surface area (Å²) in [6.45, 7) is 2.75. The first-order valence-electron chi connectivity index (χ1n) is 15.0. The molecular weight excluding hydrogens is 506 g/mol. The summed E-state index contributed by atoms with van der Waals surface area (Å²) in [4.78, 5) is 23.0. The van der Waals surface area contributed by atoms with Crippen molar-refractivity contribution in [1.82, 2.24) is 14.8 Å². The summed E-state index contributed by atoms with van der Waals surface area (Å²) in [6, 6.07) is 23.2. The lowest BCUT2D eigenvalue weighted by atomic mass is 9.88. The van der Waals surface area contributed by atoms with E-state index in [0.29, 0.717) is 6.54 Å². The van der Waals surface area contributed by atoms with Crippen molar-refractivity contribution in [1.29, 1.82) is 0 Å². The fourth-order valence-corrected chi connectivity index (χ4v) is 6.07. The first-order valence-corrected chi connectivity index (χ1v) is 15.0. The molecule has 0 bridgehead atoms. The van der Waals surface area contributed by atoms with Gasteiger partial charge in [0.15, 0.2) is 0 Å². The maximum absolute atomic E-state index is 13.9. The zero-order valence-corrected chi connectivity index (χ0v) is 24.0. The molecule has 0 atom stereocenters. The van der Waals surface area contributed by atoms with Crippen molar-refractivity contribution in [2.45, 2.75) is 51.5 Å². The van der Waals surface area contributed by atoms with E-state index >= 15 is 0 Å². The second-order valence-electron chi connectivity index (χ2n) is 11.4. The molecule has 2 aromatic carbocycles. The van der Waals surface area contributed by atoms with E-state index in [-0.39, 0.29) is 11.8 Å². The Morgan fingerprint density at radius 1 is 0.902 bits per heavy atom. The molecule has 41 heavy (non-hydrogen) atoms. The third-order valence-corrected chi connectivity index (χ3v) is 8.51. The molecule has 1 aliphatic carbocycles. The van der Waals surface area contributed by atoms with Crippen LogP contribution in [0.15, 0.2) is 79.1 Å². The van der Waals surface area contributed by atoms with Gasteiger partial charge in [-0.1, -0.05) is 61.7 Å². The number of anilines is 2. The zero-order valence-electron chi connectivity index (χ0n) is 24.0. The zero-order chi connectivity index (χ0) is 28.0. The second kappa shape index (κ2) is 12.5. The summed E-state index contributed by atoms with van der Waals surface area (Å²) in [5, 5.41) is 4.25. The number of amides is 1. The van der Waals surface area contributed by atoms with Crippen LogP contribution in [0.5, 0.6) is 0 Å². The van der Waals surface area contributed by atoms with Crippen molar-refractivity contribution in [2.75, 3.05) is 22.9 Å². The first kappa shape index (κ1) is 27.0.